The number of benzene rings is 3. The van der Waals surface area contributed by atoms with Crippen LogP contribution in [0.3, 0.4) is 0 Å². The van der Waals surface area contributed by atoms with Gasteiger partial charge in [0.05, 0.1) is 12.1 Å². The van der Waals surface area contributed by atoms with E-state index in [2.05, 4.69) is 21.3 Å². The van der Waals surface area contributed by atoms with Gasteiger partial charge < -0.3 is 21.3 Å². The van der Waals surface area contributed by atoms with E-state index in [-0.39, 0.29) is 24.2 Å². The van der Waals surface area contributed by atoms with Crippen molar-refractivity contribution in [1.29, 1.82) is 0 Å². The Bertz CT molecular complexity index is 1420. The molecule has 2 aliphatic carbocycles. The molecule has 2 saturated carbocycles. The summed E-state index contributed by atoms with van der Waals surface area (Å²) in [6.45, 7) is 0. The number of nitrogens with one attached hydrogen (secondary N) is 4. The number of amides is 2. The van der Waals surface area contributed by atoms with Crippen molar-refractivity contribution in [3.63, 3.8) is 0 Å². The molecule has 4 N–H and O–H groups in total. The zero-order chi connectivity index (χ0) is 28.5. The number of hydrogen-bond donors (Lipinski definition) is 4. The predicted molar refractivity (Wildman–Crippen MR) is 174 cm³/mol. The smallest absolute Gasteiger partial charge is 0.255 e. The topological polar surface area (TPSA) is 107 Å². The Hall–Kier alpha value is -4.17. The van der Waals surface area contributed by atoms with Crippen LogP contribution in [0.25, 0.3) is 0 Å². The molecule has 8 nitrogen and oxygen atoms in total. The third-order valence-corrected chi connectivity index (χ3v) is 8.93. The number of nitrogens with zero attached hydrogens (tertiary/aromatic N) is 2. The average Bonchev–Trinajstić information content (AvgIpc) is 3.67. The largest absolute Gasteiger partial charge is 0.365 e. The number of anilines is 2. The van der Waals surface area contributed by atoms with Gasteiger partial charge in [-0.3, -0.25) is 19.6 Å². The number of carbonyl (C=O) groups excluding carboxylic acids is 2. The second-order valence-corrected chi connectivity index (χ2v) is 11.8. The highest BCUT2D eigenvalue weighted by Crippen LogP contribution is 2.28. The van der Waals surface area contributed by atoms with Crippen molar-refractivity contribution in [1.82, 2.24) is 10.6 Å². The molecule has 2 heterocycles. The summed E-state index contributed by atoms with van der Waals surface area (Å²) in [5, 5.41) is 13.0. The van der Waals surface area contributed by atoms with Crippen molar-refractivity contribution in [2.24, 2.45) is 9.98 Å². The third-order valence-electron chi connectivity index (χ3n) is 8.93. The maximum atomic E-state index is 12.9. The van der Waals surface area contributed by atoms with Gasteiger partial charge in [0.2, 0.25) is 0 Å². The number of aliphatic imine (C=N–C) groups is 2. The molecule has 2 fully saturated rings. The van der Waals surface area contributed by atoms with Gasteiger partial charge in [0.25, 0.3) is 11.8 Å². The zero-order valence-corrected chi connectivity index (χ0v) is 24.8. The Morgan fingerprint density at radius 3 is 1.30 bits per heavy atom. The molecule has 2 aliphatic heterocycles. The van der Waals surface area contributed by atoms with Crippen LogP contribution in [0.15, 0.2) is 82.8 Å². The molecule has 4 atom stereocenters. The second-order valence-electron chi connectivity index (χ2n) is 11.8. The van der Waals surface area contributed by atoms with E-state index in [0.717, 1.165) is 35.6 Å². The summed E-state index contributed by atoms with van der Waals surface area (Å²) in [6.07, 6.45) is 9.67. The SMILES string of the molecule is Cl.O=C(Nc1ccc(C2=NC3CCCCC3N2)cc1)c1ccc(C(=O)Nc2ccc(C3=NC4CCCCC4N3)cc2)cc1. The van der Waals surface area contributed by atoms with Crippen LogP contribution in [0.1, 0.15) is 83.2 Å². The van der Waals surface area contributed by atoms with Crippen molar-refractivity contribution in [2.75, 3.05) is 10.6 Å². The minimum absolute atomic E-state index is 0. The Morgan fingerprint density at radius 2 is 0.930 bits per heavy atom. The normalized spacial score (nSPS) is 23.7. The molecule has 3 aromatic carbocycles. The summed E-state index contributed by atoms with van der Waals surface area (Å²) in [5.41, 5.74) is 4.46. The molecule has 222 valence electrons. The third kappa shape index (κ3) is 6.30. The van der Waals surface area contributed by atoms with Crippen LogP contribution in [-0.2, 0) is 0 Å². The second kappa shape index (κ2) is 12.6. The van der Waals surface area contributed by atoms with Crippen molar-refractivity contribution < 1.29 is 9.59 Å². The van der Waals surface area contributed by atoms with E-state index in [1.54, 1.807) is 24.3 Å². The van der Waals surface area contributed by atoms with E-state index in [1.165, 1.54) is 38.5 Å². The Labute approximate surface area is 258 Å². The molecule has 0 spiro atoms. The lowest BCUT2D eigenvalue weighted by Gasteiger charge is -2.23. The molecule has 0 saturated heterocycles. The molecular formula is C34H37ClN6O2. The molecule has 0 bridgehead atoms. The highest BCUT2D eigenvalue weighted by atomic mass is 35.5. The zero-order valence-electron chi connectivity index (χ0n) is 24.0. The van der Waals surface area contributed by atoms with Gasteiger partial charge in [0.15, 0.2) is 0 Å². The molecule has 3 aromatic rings. The van der Waals surface area contributed by atoms with Crippen molar-refractivity contribution in [3.05, 3.63) is 95.1 Å². The van der Waals surface area contributed by atoms with E-state index < -0.39 is 0 Å². The van der Waals surface area contributed by atoms with Crippen LogP contribution in [-0.4, -0.2) is 47.7 Å². The highest BCUT2D eigenvalue weighted by molar-refractivity contribution is 6.08. The van der Waals surface area contributed by atoms with Gasteiger partial charge in [-0.15, -0.1) is 12.4 Å². The van der Waals surface area contributed by atoms with E-state index in [9.17, 15) is 9.59 Å². The van der Waals surface area contributed by atoms with E-state index in [4.69, 9.17) is 9.98 Å². The summed E-state index contributed by atoms with van der Waals surface area (Å²) < 4.78 is 0. The van der Waals surface area contributed by atoms with Gasteiger partial charge in [-0.25, -0.2) is 0 Å². The number of carbonyl (C=O) groups is 2. The Balaban J connectivity index is 0.00000329. The standard InChI is InChI=1S/C34H36N6O2.ClH/c41-33(35-25-17-13-21(14-18-25)31-37-27-5-1-2-6-28(27)38-31)23-9-11-24(12-10-23)34(42)36-26-19-15-22(16-20-26)32-39-29-7-3-4-8-30(29)40-32;/h9-20,27-30H,1-8H2,(H,35,41)(H,36,42)(H,37,38)(H,39,40);1H. The van der Waals surface area contributed by atoms with Crippen LogP contribution in [0.5, 0.6) is 0 Å². The lowest BCUT2D eigenvalue weighted by atomic mass is 9.92. The first-order valence-corrected chi connectivity index (χ1v) is 15.2. The highest BCUT2D eigenvalue weighted by Gasteiger charge is 2.32. The van der Waals surface area contributed by atoms with Crippen LogP contribution in [0.2, 0.25) is 0 Å². The van der Waals surface area contributed by atoms with E-state index in [0.29, 0.717) is 46.7 Å². The monoisotopic (exact) mass is 596 g/mol. The summed E-state index contributed by atoms with van der Waals surface area (Å²) in [4.78, 5) is 35.5. The van der Waals surface area contributed by atoms with Crippen molar-refractivity contribution in [3.8, 4) is 0 Å². The minimum atomic E-state index is -0.226. The minimum Gasteiger partial charge on any atom is -0.365 e. The number of halogens is 1. The molecule has 2 amide bonds. The van der Waals surface area contributed by atoms with Crippen molar-refractivity contribution >= 4 is 47.3 Å². The van der Waals surface area contributed by atoms with Crippen LogP contribution >= 0.6 is 12.4 Å². The van der Waals surface area contributed by atoms with Crippen LogP contribution in [0.4, 0.5) is 11.4 Å². The van der Waals surface area contributed by atoms with Gasteiger partial charge in [-0.1, -0.05) is 25.7 Å². The maximum absolute atomic E-state index is 12.9. The molecule has 9 heteroatoms. The lowest BCUT2D eigenvalue weighted by molar-refractivity contribution is 0.101. The first kappa shape index (κ1) is 28.9. The van der Waals surface area contributed by atoms with Gasteiger partial charge >= 0.3 is 0 Å². The molecule has 0 radical (unpaired) electrons. The quantitative estimate of drug-likeness (QED) is 0.283. The molecule has 0 aromatic heterocycles. The van der Waals surface area contributed by atoms with E-state index >= 15 is 0 Å². The molecule has 43 heavy (non-hydrogen) atoms. The fraction of sp³-hybridized carbons (Fsp3) is 0.353. The predicted octanol–water partition coefficient (Wildman–Crippen LogP) is 5.94. The number of hydrogen-bond acceptors (Lipinski definition) is 6. The summed E-state index contributed by atoms with van der Waals surface area (Å²) in [6, 6.07) is 23.9. The van der Waals surface area contributed by atoms with Gasteiger partial charge in [0, 0.05) is 45.7 Å². The number of fused-ring (bicyclic) bond motifs is 2. The summed E-state index contributed by atoms with van der Waals surface area (Å²) in [5.74, 6) is 1.45. The summed E-state index contributed by atoms with van der Waals surface area (Å²) in [7, 11) is 0. The van der Waals surface area contributed by atoms with Gasteiger partial charge in [-0.05, 0) is 98.5 Å². The molecule has 4 unspecified atom stereocenters. The lowest BCUT2D eigenvalue weighted by Crippen LogP contribution is -2.36. The van der Waals surface area contributed by atoms with Gasteiger partial charge in [-0.2, -0.15) is 0 Å². The Kier molecular flexibility index (Phi) is 8.47. The van der Waals surface area contributed by atoms with Crippen molar-refractivity contribution in [2.45, 2.75) is 75.5 Å². The molecular weight excluding hydrogens is 560 g/mol. The first-order valence-electron chi connectivity index (χ1n) is 15.2. The number of amidine groups is 2. The Morgan fingerprint density at radius 1 is 0.558 bits per heavy atom. The van der Waals surface area contributed by atoms with Crippen LogP contribution < -0.4 is 21.3 Å². The molecule has 7 rings (SSSR count). The average molecular weight is 597 g/mol. The fourth-order valence-electron chi connectivity index (χ4n) is 6.54. The van der Waals surface area contributed by atoms with Gasteiger partial charge in [0.1, 0.15) is 11.7 Å². The fourth-order valence-corrected chi connectivity index (χ4v) is 6.54. The maximum Gasteiger partial charge on any atom is 0.255 e. The first-order chi connectivity index (χ1) is 20.6. The molecule has 4 aliphatic rings. The summed E-state index contributed by atoms with van der Waals surface area (Å²) >= 11 is 0. The van der Waals surface area contributed by atoms with E-state index in [1.807, 2.05) is 48.5 Å². The number of rotatable bonds is 6. The van der Waals surface area contributed by atoms with Crippen LogP contribution in [0, 0.1) is 0 Å².